The molecule has 0 saturated carbocycles. The summed E-state index contributed by atoms with van der Waals surface area (Å²) < 4.78 is 10.8. The number of anilines is 3. The summed E-state index contributed by atoms with van der Waals surface area (Å²) in [6.45, 7) is 4.24. The number of aliphatic hydroxyl groups is 1. The molecule has 0 unspecified atom stereocenters. The van der Waals surface area contributed by atoms with E-state index in [1.807, 2.05) is 18.2 Å². The predicted molar refractivity (Wildman–Crippen MR) is 102 cm³/mol. The summed E-state index contributed by atoms with van der Waals surface area (Å²) >= 11 is 0. The van der Waals surface area contributed by atoms with Gasteiger partial charge in [-0.3, -0.25) is 0 Å². The minimum Gasteiger partial charge on any atom is -0.388 e. The van der Waals surface area contributed by atoms with Gasteiger partial charge in [0.1, 0.15) is 18.2 Å². The molecule has 4 heterocycles. The van der Waals surface area contributed by atoms with Crippen LogP contribution in [0, 0.1) is 0 Å². The number of hydrogen-bond acceptors (Lipinski definition) is 8. The molecule has 0 aliphatic carbocycles. The van der Waals surface area contributed by atoms with Gasteiger partial charge in [0.2, 0.25) is 0 Å². The zero-order valence-electron chi connectivity index (χ0n) is 15.1. The molecule has 0 aromatic carbocycles. The van der Waals surface area contributed by atoms with Crippen LogP contribution in [0.15, 0.2) is 30.6 Å². The largest absolute Gasteiger partial charge is 0.388 e. The summed E-state index contributed by atoms with van der Waals surface area (Å²) in [5.41, 5.74) is 2.91. The Bertz CT molecular complexity index is 803. The Morgan fingerprint density at radius 3 is 2.67 bits per heavy atom. The van der Waals surface area contributed by atoms with Crippen molar-refractivity contribution in [3.8, 4) is 0 Å². The van der Waals surface area contributed by atoms with Crippen LogP contribution in [0.2, 0.25) is 0 Å². The summed E-state index contributed by atoms with van der Waals surface area (Å²) in [6, 6.07) is 3.98. The average Bonchev–Trinajstić information content (AvgIpc) is 2.75. The van der Waals surface area contributed by atoms with Gasteiger partial charge >= 0.3 is 0 Å². The summed E-state index contributed by atoms with van der Waals surface area (Å²) in [7, 11) is 0. The third-order valence-electron chi connectivity index (χ3n) is 4.64. The molecule has 27 heavy (non-hydrogen) atoms. The van der Waals surface area contributed by atoms with E-state index in [0.29, 0.717) is 24.9 Å². The lowest BCUT2D eigenvalue weighted by molar-refractivity contribution is 0.122. The van der Waals surface area contributed by atoms with Gasteiger partial charge in [0.05, 0.1) is 38.3 Å². The smallest absolute Gasteiger partial charge is 0.156 e. The van der Waals surface area contributed by atoms with Gasteiger partial charge in [-0.25, -0.2) is 15.0 Å². The number of hydrogen-bond donors (Lipinski definition) is 2. The second kappa shape index (κ2) is 8.43. The number of rotatable bonds is 5. The van der Waals surface area contributed by atoms with Gasteiger partial charge in [-0.2, -0.15) is 0 Å². The first-order valence-corrected chi connectivity index (χ1v) is 9.13. The van der Waals surface area contributed by atoms with Gasteiger partial charge < -0.3 is 24.8 Å². The highest BCUT2D eigenvalue weighted by Gasteiger charge is 2.15. The van der Waals surface area contributed by atoms with Gasteiger partial charge in [0.25, 0.3) is 0 Å². The van der Waals surface area contributed by atoms with Crippen LogP contribution in [0.3, 0.4) is 0 Å². The van der Waals surface area contributed by atoms with E-state index in [1.165, 1.54) is 0 Å². The molecule has 0 bridgehead atoms. The van der Waals surface area contributed by atoms with Crippen LogP contribution in [-0.4, -0.2) is 59.6 Å². The minimum absolute atomic E-state index is 0.203. The Morgan fingerprint density at radius 1 is 1.07 bits per heavy atom. The van der Waals surface area contributed by atoms with E-state index >= 15 is 0 Å². The molecule has 2 aliphatic heterocycles. The maximum absolute atomic E-state index is 9.39. The number of aromatic nitrogens is 3. The van der Waals surface area contributed by atoms with Crippen molar-refractivity contribution in [3.05, 3.63) is 42.0 Å². The first kappa shape index (κ1) is 17.8. The van der Waals surface area contributed by atoms with E-state index < -0.39 is 0 Å². The molecule has 0 atom stereocenters. The molecule has 4 rings (SSSR count). The zero-order valence-corrected chi connectivity index (χ0v) is 15.1. The van der Waals surface area contributed by atoms with Crippen LogP contribution in [-0.2, 0) is 16.1 Å². The van der Waals surface area contributed by atoms with Crippen molar-refractivity contribution < 1.29 is 14.6 Å². The van der Waals surface area contributed by atoms with Crippen molar-refractivity contribution in [2.45, 2.75) is 13.0 Å². The lowest BCUT2D eigenvalue weighted by Crippen LogP contribution is -2.36. The van der Waals surface area contributed by atoms with Crippen molar-refractivity contribution in [1.82, 2.24) is 15.0 Å². The normalized spacial score (nSPS) is 17.5. The molecular formula is C19H23N5O3. The third-order valence-corrected chi connectivity index (χ3v) is 4.64. The Kier molecular flexibility index (Phi) is 5.57. The Hall–Kier alpha value is -2.55. The summed E-state index contributed by atoms with van der Waals surface area (Å²) in [6.07, 6.45) is 6.41. The lowest BCUT2D eigenvalue weighted by Gasteiger charge is -2.27. The molecule has 1 saturated heterocycles. The van der Waals surface area contributed by atoms with Crippen LogP contribution < -0.4 is 10.2 Å². The molecule has 142 valence electrons. The fourth-order valence-electron chi connectivity index (χ4n) is 3.17. The maximum atomic E-state index is 9.39. The first-order valence-electron chi connectivity index (χ1n) is 9.13. The second-order valence-corrected chi connectivity index (χ2v) is 6.39. The van der Waals surface area contributed by atoms with Crippen molar-refractivity contribution >= 4 is 22.9 Å². The molecule has 1 fully saturated rings. The second-order valence-electron chi connectivity index (χ2n) is 6.39. The number of nitrogens with one attached hydrogen (secondary N) is 1. The quantitative estimate of drug-likeness (QED) is 0.823. The minimum atomic E-state index is -0.203. The molecule has 8 heteroatoms. The third kappa shape index (κ3) is 4.24. The topological polar surface area (TPSA) is 92.6 Å². The molecule has 0 spiro atoms. The summed E-state index contributed by atoms with van der Waals surface area (Å²) in [5, 5.41) is 12.7. The molecular weight excluding hydrogens is 346 g/mol. The fourth-order valence-corrected chi connectivity index (χ4v) is 3.17. The van der Waals surface area contributed by atoms with Crippen molar-refractivity contribution in [2.75, 3.05) is 49.7 Å². The molecule has 0 amide bonds. The Labute approximate surface area is 157 Å². The van der Waals surface area contributed by atoms with E-state index in [9.17, 15) is 5.11 Å². The SMILES string of the molecule is OCc1ncc(C2=CCOCC2)c(Nc2ccc(N3CCOCC3)nc2)n1. The van der Waals surface area contributed by atoms with Crippen molar-refractivity contribution in [2.24, 2.45) is 0 Å². The number of pyridine rings is 1. The van der Waals surface area contributed by atoms with Crippen molar-refractivity contribution in [1.29, 1.82) is 0 Å². The first-order chi connectivity index (χ1) is 13.3. The maximum Gasteiger partial charge on any atom is 0.156 e. The van der Waals surface area contributed by atoms with Gasteiger partial charge in [0, 0.05) is 24.8 Å². The van der Waals surface area contributed by atoms with Crippen LogP contribution in [0.4, 0.5) is 17.3 Å². The Morgan fingerprint density at radius 2 is 1.96 bits per heavy atom. The molecule has 2 N–H and O–H groups in total. The molecule has 2 aromatic heterocycles. The average molecular weight is 369 g/mol. The predicted octanol–water partition coefficient (Wildman–Crippen LogP) is 1.75. The van der Waals surface area contributed by atoms with Gasteiger partial charge in [-0.05, 0) is 24.1 Å². The van der Waals surface area contributed by atoms with E-state index in [2.05, 4.69) is 25.2 Å². The Balaban J connectivity index is 1.56. The monoisotopic (exact) mass is 369 g/mol. The van der Waals surface area contributed by atoms with Gasteiger partial charge in [0.15, 0.2) is 5.82 Å². The molecule has 0 radical (unpaired) electrons. The standard InChI is InChI=1S/C19H23N5O3/c25-13-17-20-12-16(14-3-7-26-8-4-14)19(23-17)22-15-1-2-18(21-11-15)24-5-9-27-10-6-24/h1-3,11-12,25H,4-10,13H2,(H,20,22,23). The summed E-state index contributed by atoms with van der Waals surface area (Å²) in [4.78, 5) is 15.5. The number of morpholine rings is 1. The number of ether oxygens (including phenoxy) is 2. The van der Waals surface area contributed by atoms with Crippen LogP contribution in [0.1, 0.15) is 17.8 Å². The van der Waals surface area contributed by atoms with Gasteiger partial charge in [-0.1, -0.05) is 6.08 Å². The van der Waals surface area contributed by atoms with E-state index in [4.69, 9.17) is 9.47 Å². The molecule has 8 nitrogen and oxygen atoms in total. The summed E-state index contributed by atoms with van der Waals surface area (Å²) in [5.74, 6) is 1.99. The zero-order chi connectivity index (χ0) is 18.5. The van der Waals surface area contributed by atoms with Crippen molar-refractivity contribution in [3.63, 3.8) is 0 Å². The van der Waals surface area contributed by atoms with Crippen LogP contribution in [0.5, 0.6) is 0 Å². The number of aliphatic hydroxyl groups excluding tert-OH is 1. The highest BCUT2D eigenvalue weighted by Crippen LogP contribution is 2.28. The van der Waals surface area contributed by atoms with E-state index in [0.717, 1.165) is 55.4 Å². The molecule has 2 aliphatic rings. The highest BCUT2D eigenvalue weighted by atomic mass is 16.5. The van der Waals surface area contributed by atoms with Crippen LogP contribution >= 0.6 is 0 Å². The lowest BCUT2D eigenvalue weighted by atomic mass is 10.0. The fraction of sp³-hybridized carbons (Fsp3) is 0.421. The number of nitrogens with zero attached hydrogens (tertiary/aromatic N) is 4. The highest BCUT2D eigenvalue weighted by molar-refractivity contribution is 5.76. The van der Waals surface area contributed by atoms with E-state index in [1.54, 1.807) is 12.4 Å². The van der Waals surface area contributed by atoms with Crippen LogP contribution in [0.25, 0.3) is 5.57 Å². The molecule has 2 aromatic rings. The van der Waals surface area contributed by atoms with Gasteiger partial charge in [-0.15, -0.1) is 0 Å². The van der Waals surface area contributed by atoms with E-state index in [-0.39, 0.29) is 6.61 Å².